The van der Waals surface area contributed by atoms with Crippen LogP contribution in [0.1, 0.15) is 5.76 Å². The molecule has 0 radical (unpaired) electrons. The summed E-state index contributed by atoms with van der Waals surface area (Å²) in [6, 6.07) is 6.49. The Hall–Kier alpha value is -1.48. The number of alkyl halides is 1. The SMILES string of the molecule is COc1ccc2oc(CCl)cc(=O)c2c1. The van der Waals surface area contributed by atoms with Crippen molar-refractivity contribution in [2.75, 3.05) is 7.11 Å². The lowest BCUT2D eigenvalue weighted by Crippen LogP contribution is -2.01. The molecule has 0 N–H and O–H groups in total. The lowest BCUT2D eigenvalue weighted by molar-refractivity contribution is 0.415. The molecule has 0 aliphatic carbocycles. The lowest BCUT2D eigenvalue weighted by atomic mass is 10.2. The normalized spacial score (nSPS) is 10.5. The standard InChI is InChI=1S/C11H9ClO3/c1-14-7-2-3-11-9(4-7)10(13)5-8(6-12)15-11/h2-5H,6H2,1H3. The van der Waals surface area contributed by atoms with Crippen molar-refractivity contribution in [2.45, 2.75) is 5.88 Å². The molecule has 0 spiro atoms. The van der Waals surface area contributed by atoms with Gasteiger partial charge in [0.25, 0.3) is 0 Å². The van der Waals surface area contributed by atoms with E-state index in [1.165, 1.54) is 6.07 Å². The highest BCUT2D eigenvalue weighted by Crippen LogP contribution is 2.19. The van der Waals surface area contributed by atoms with Crippen LogP contribution in [0.5, 0.6) is 5.75 Å². The van der Waals surface area contributed by atoms with Crippen molar-refractivity contribution in [3.63, 3.8) is 0 Å². The van der Waals surface area contributed by atoms with Gasteiger partial charge >= 0.3 is 0 Å². The minimum atomic E-state index is -0.106. The van der Waals surface area contributed by atoms with Gasteiger partial charge in [-0.1, -0.05) is 0 Å². The molecule has 1 aromatic carbocycles. The van der Waals surface area contributed by atoms with Gasteiger partial charge in [-0.15, -0.1) is 11.6 Å². The summed E-state index contributed by atoms with van der Waals surface area (Å²) >= 11 is 5.60. The molecule has 15 heavy (non-hydrogen) atoms. The average molecular weight is 225 g/mol. The summed E-state index contributed by atoms with van der Waals surface area (Å²) in [6.45, 7) is 0. The van der Waals surface area contributed by atoms with Crippen LogP contribution < -0.4 is 10.2 Å². The van der Waals surface area contributed by atoms with Gasteiger partial charge in [0.15, 0.2) is 5.43 Å². The molecule has 0 saturated heterocycles. The molecule has 1 aromatic heterocycles. The Labute approximate surface area is 91.2 Å². The summed E-state index contributed by atoms with van der Waals surface area (Å²) in [6.07, 6.45) is 0. The van der Waals surface area contributed by atoms with Crippen molar-refractivity contribution in [3.05, 3.63) is 40.2 Å². The molecule has 4 heteroatoms. The molecule has 2 aromatic rings. The molecular weight excluding hydrogens is 216 g/mol. The predicted molar refractivity (Wildman–Crippen MR) is 58.6 cm³/mol. The third kappa shape index (κ3) is 1.83. The fraction of sp³-hybridized carbons (Fsp3) is 0.182. The summed E-state index contributed by atoms with van der Waals surface area (Å²) in [4.78, 5) is 11.7. The van der Waals surface area contributed by atoms with E-state index >= 15 is 0 Å². The van der Waals surface area contributed by atoms with Gasteiger partial charge < -0.3 is 9.15 Å². The Bertz CT molecular complexity index is 545. The predicted octanol–water partition coefficient (Wildman–Crippen LogP) is 2.54. The van der Waals surface area contributed by atoms with Crippen molar-refractivity contribution in [1.82, 2.24) is 0 Å². The maximum absolute atomic E-state index is 11.7. The topological polar surface area (TPSA) is 39.4 Å². The van der Waals surface area contributed by atoms with Gasteiger partial charge in [0, 0.05) is 6.07 Å². The summed E-state index contributed by atoms with van der Waals surface area (Å²) in [7, 11) is 1.55. The number of benzene rings is 1. The van der Waals surface area contributed by atoms with Gasteiger partial charge in [-0.2, -0.15) is 0 Å². The Morgan fingerprint density at radius 3 is 2.87 bits per heavy atom. The molecule has 0 fully saturated rings. The minimum absolute atomic E-state index is 0.106. The first-order valence-corrected chi connectivity index (χ1v) is 4.95. The number of rotatable bonds is 2. The Balaban J connectivity index is 2.74. The maximum Gasteiger partial charge on any atom is 0.193 e. The van der Waals surface area contributed by atoms with Crippen LogP contribution in [0.4, 0.5) is 0 Å². The van der Waals surface area contributed by atoms with Crippen LogP contribution >= 0.6 is 11.6 Å². The van der Waals surface area contributed by atoms with Gasteiger partial charge in [-0.25, -0.2) is 0 Å². The molecule has 0 unspecified atom stereocenters. The number of hydrogen-bond acceptors (Lipinski definition) is 3. The maximum atomic E-state index is 11.7. The molecule has 0 amide bonds. The van der Waals surface area contributed by atoms with Crippen LogP contribution in [0, 0.1) is 0 Å². The summed E-state index contributed by atoms with van der Waals surface area (Å²) in [5.41, 5.74) is 0.421. The molecular formula is C11H9ClO3. The van der Waals surface area contributed by atoms with Crippen LogP contribution in [-0.2, 0) is 5.88 Å². The molecule has 3 nitrogen and oxygen atoms in total. The van der Waals surface area contributed by atoms with Gasteiger partial charge in [-0.3, -0.25) is 4.79 Å². The first kappa shape index (κ1) is 10.1. The highest BCUT2D eigenvalue weighted by Gasteiger charge is 2.05. The monoisotopic (exact) mass is 224 g/mol. The molecule has 0 atom stereocenters. The third-order valence-electron chi connectivity index (χ3n) is 2.12. The molecule has 0 aliphatic heterocycles. The second-order valence-corrected chi connectivity index (χ2v) is 3.34. The Kier molecular flexibility index (Phi) is 2.64. The van der Waals surface area contributed by atoms with Crippen molar-refractivity contribution in [1.29, 1.82) is 0 Å². The number of ether oxygens (including phenoxy) is 1. The molecule has 0 aliphatic rings. The molecule has 78 valence electrons. The number of methoxy groups -OCH3 is 1. The largest absolute Gasteiger partial charge is 0.497 e. The van der Waals surface area contributed by atoms with E-state index in [0.717, 1.165) is 0 Å². The molecule has 1 heterocycles. The zero-order valence-corrected chi connectivity index (χ0v) is 8.88. The van der Waals surface area contributed by atoms with Gasteiger partial charge in [0.2, 0.25) is 0 Å². The fourth-order valence-electron chi connectivity index (χ4n) is 1.38. The van der Waals surface area contributed by atoms with Gasteiger partial charge in [0.1, 0.15) is 17.1 Å². The van der Waals surface area contributed by atoms with Crippen LogP contribution in [0.3, 0.4) is 0 Å². The Morgan fingerprint density at radius 2 is 2.20 bits per heavy atom. The van der Waals surface area contributed by atoms with E-state index in [4.69, 9.17) is 20.8 Å². The van der Waals surface area contributed by atoms with E-state index in [1.54, 1.807) is 25.3 Å². The quantitative estimate of drug-likeness (QED) is 0.736. The van der Waals surface area contributed by atoms with Gasteiger partial charge in [0.05, 0.1) is 18.4 Å². The van der Waals surface area contributed by atoms with Crippen LogP contribution in [0.2, 0.25) is 0 Å². The van der Waals surface area contributed by atoms with E-state index in [-0.39, 0.29) is 11.3 Å². The van der Waals surface area contributed by atoms with E-state index in [1.807, 2.05) is 0 Å². The highest BCUT2D eigenvalue weighted by atomic mass is 35.5. The summed E-state index contributed by atoms with van der Waals surface area (Å²) in [5, 5.41) is 0.503. The van der Waals surface area contributed by atoms with Crippen LogP contribution in [0.15, 0.2) is 33.5 Å². The average Bonchev–Trinajstić information content (AvgIpc) is 2.28. The third-order valence-corrected chi connectivity index (χ3v) is 2.38. The lowest BCUT2D eigenvalue weighted by Gasteiger charge is -2.02. The minimum Gasteiger partial charge on any atom is -0.497 e. The van der Waals surface area contributed by atoms with Crippen LogP contribution in [0.25, 0.3) is 11.0 Å². The summed E-state index contributed by atoms with van der Waals surface area (Å²) < 4.78 is 10.4. The van der Waals surface area contributed by atoms with Crippen molar-refractivity contribution < 1.29 is 9.15 Å². The smallest absolute Gasteiger partial charge is 0.193 e. The van der Waals surface area contributed by atoms with E-state index in [9.17, 15) is 4.79 Å². The number of hydrogen-bond donors (Lipinski definition) is 0. The second kappa shape index (κ2) is 3.95. The van der Waals surface area contributed by atoms with Crippen molar-refractivity contribution in [2.24, 2.45) is 0 Å². The molecule has 0 bridgehead atoms. The van der Waals surface area contributed by atoms with Crippen molar-refractivity contribution in [3.8, 4) is 5.75 Å². The van der Waals surface area contributed by atoms with Crippen molar-refractivity contribution >= 4 is 22.6 Å². The molecule has 0 saturated carbocycles. The van der Waals surface area contributed by atoms with Gasteiger partial charge in [-0.05, 0) is 18.2 Å². The highest BCUT2D eigenvalue weighted by molar-refractivity contribution is 6.16. The first-order valence-electron chi connectivity index (χ1n) is 4.41. The zero-order valence-electron chi connectivity index (χ0n) is 8.12. The number of fused-ring (bicyclic) bond motifs is 1. The Morgan fingerprint density at radius 1 is 1.40 bits per heavy atom. The van der Waals surface area contributed by atoms with Crippen LogP contribution in [-0.4, -0.2) is 7.11 Å². The fourth-order valence-corrected chi connectivity index (χ4v) is 1.51. The summed E-state index contributed by atoms with van der Waals surface area (Å²) in [5.74, 6) is 1.30. The van der Waals surface area contributed by atoms with E-state index in [2.05, 4.69) is 0 Å². The zero-order chi connectivity index (χ0) is 10.8. The van der Waals surface area contributed by atoms with E-state index in [0.29, 0.717) is 22.5 Å². The van der Waals surface area contributed by atoms with E-state index < -0.39 is 0 Å². The first-order chi connectivity index (χ1) is 7.24. The second-order valence-electron chi connectivity index (χ2n) is 3.07. The number of halogens is 1. The molecule has 2 rings (SSSR count).